The van der Waals surface area contributed by atoms with Gasteiger partial charge in [0.05, 0.1) is 24.3 Å². The summed E-state index contributed by atoms with van der Waals surface area (Å²) in [6.07, 6.45) is 3.70. The largest absolute Gasteiger partial charge is 0.493 e. The summed E-state index contributed by atoms with van der Waals surface area (Å²) in [5, 5.41) is 11.8. The lowest BCUT2D eigenvalue weighted by Gasteiger charge is -2.17. The predicted molar refractivity (Wildman–Crippen MR) is 110 cm³/mol. The third-order valence-corrected chi connectivity index (χ3v) is 4.74. The number of pyridine rings is 1. The van der Waals surface area contributed by atoms with Crippen LogP contribution >= 0.6 is 0 Å². The van der Waals surface area contributed by atoms with Crippen LogP contribution in [-0.2, 0) is 0 Å². The molecule has 2 aromatic carbocycles. The number of aromatic nitrogens is 1. The van der Waals surface area contributed by atoms with Crippen LogP contribution in [0.4, 0.5) is 0 Å². The molecule has 0 aliphatic heterocycles. The molecule has 5 heteroatoms. The fraction of sp³-hybridized carbons (Fsp3) is 0.174. The van der Waals surface area contributed by atoms with E-state index in [9.17, 15) is 9.90 Å². The molecular formula is C23H21NO4. The van der Waals surface area contributed by atoms with E-state index in [1.54, 1.807) is 0 Å². The molecule has 0 aliphatic rings. The van der Waals surface area contributed by atoms with Gasteiger partial charge in [-0.15, -0.1) is 0 Å². The van der Waals surface area contributed by atoms with E-state index in [4.69, 9.17) is 9.47 Å². The lowest BCUT2D eigenvalue weighted by atomic mass is 9.95. The Morgan fingerprint density at radius 3 is 2.36 bits per heavy atom. The van der Waals surface area contributed by atoms with Gasteiger partial charge in [-0.1, -0.05) is 30.3 Å². The topological polar surface area (TPSA) is 60.2 Å². The van der Waals surface area contributed by atoms with E-state index in [2.05, 4.69) is 0 Å². The van der Waals surface area contributed by atoms with Gasteiger partial charge in [-0.25, -0.2) is 4.79 Å². The van der Waals surface area contributed by atoms with E-state index in [-0.39, 0.29) is 5.56 Å². The number of carboxylic acids is 1. The second-order valence-corrected chi connectivity index (χ2v) is 6.38. The molecule has 28 heavy (non-hydrogen) atoms. The third-order valence-electron chi connectivity index (χ3n) is 4.74. The molecule has 0 aliphatic carbocycles. The molecular weight excluding hydrogens is 354 g/mol. The van der Waals surface area contributed by atoms with Gasteiger partial charge in [0, 0.05) is 35.0 Å². The molecule has 0 unspecified atom stereocenters. The summed E-state index contributed by atoms with van der Waals surface area (Å²) in [7, 11) is 0. The Morgan fingerprint density at radius 1 is 0.964 bits per heavy atom. The summed E-state index contributed by atoms with van der Waals surface area (Å²) in [4.78, 5) is 12.2. The normalized spacial score (nSPS) is 11.1. The zero-order chi connectivity index (χ0) is 19.7. The Bertz CT molecular complexity index is 1180. The summed E-state index contributed by atoms with van der Waals surface area (Å²) in [6, 6.07) is 15.2. The minimum Gasteiger partial charge on any atom is -0.493 e. The SMILES string of the molecule is CCOc1cc(OCC)c2ccccc2c1-c1cn2ccccc2c1C(=O)O. The number of ether oxygens (including phenoxy) is 2. The lowest BCUT2D eigenvalue weighted by Crippen LogP contribution is -2.02. The summed E-state index contributed by atoms with van der Waals surface area (Å²) < 4.78 is 13.6. The van der Waals surface area contributed by atoms with Crippen LogP contribution in [0.15, 0.2) is 60.9 Å². The van der Waals surface area contributed by atoms with E-state index in [1.807, 2.05) is 79.2 Å². The standard InChI is InChI=1S/C23H21NO4/c1-3-27-19-13-20(28-4-2)21(16-10-6-5-9-15(16)19)17-14-24-12-8-7-11-18(24)22(17)23(25)26/h5-14H,3-4H2,1-2H3,(H,25,26). The van der Waals surface area contributed by atoms with Gasteiger partial charge in [0.25, 0.3) is 0 Å². The fourth-order valence-electron chi connectivity index (χ4n) is 3.68. The van der Waals surface area contributed by atoms with Gasteiger partial charge in [0.2, 0.25) is 0 Å². The van der Waals surface area contributed by atoms with Crippen LogP contribution in [0.5, 0.6) is 11.5 Å². The molecule has 2 heterocycles. The number of nitrogens with zero attached hydrogens (tertiary/aromatic N) is 1. The molecule has 2 aromatic heterocycles. The summed E-state index contributed by atoms with van der Waals surface area (Å²) in [5.74, 6) is 0.373. The molecule has 0 radical (unpaired) electrons. The van der Waals surface area contributed by atoms with Gasteiger partial charge in [-0.2, -0.15) is 0 Å². The van der Waals surface area contributed by atoms with Crippen molar-refractivity contribution in [3.05, 3.63) is 66.5 Å². The van der Waals surface area contributed by atoms with Crippen molar-refractivity contribution in [3.63, 3.8) is 0 Å². The minimum absolute atomic E-state index is 0.260. The monoisotopic (exact) mass is 375 g/mol. The van der Waals surface area contributed by atoms with Crippen LogP contribution in [0.1, 0.15) is 24.2 Å². The van der Waals surface area contributed by atoms with Crippen molar-refractivity contribution in [3.8, 4) is 22.6 Å². The molecule has 0 bridgehead atoms. The lowest BCUT2D eigenvalue weighted by molar-refractivity contribution is 0.0700. The van der Waals surface area contributed by atoms with Crippen LogP contribution in [-0.4, -0.2) is 28.7 Å². The molecule has 4 rings (SSSR count). The smallest absolute Gasteiger partial charge is 0.338 e. The molecule has 1 N–H and O–H groups in total. The molecule has 0 saturated carbocycles. The number of carbonyl (C=O) groups is 1. The van der Waals surface area contributed by atoms with Crippen LogP contribution < -0.4 is 9.47 Å². The Labute approximate surface area is 162 Å². The maximum absolute atomic E-state index is 12.2. The van der Waals surface area contributed by atoms with Crippen LogP contribution in [0.2, 0.25) is 0 Å². The molecule has 4 aromatic rings. The van der Waals surface area contributed by atoms with E-state index < -0.39 is 5.97 Å². The van der Waals surface area contributed by atoms with E-state index >= 15 is 0 Å². The number of hydrogen-bond acceptors (Lipinski definition) is 3. The highest BCUT2D eigenvalue weighted by Gasteiger charge is 2.24. The molecule has 0 saturated heterocycles. The van der Waals surface area contributed by atoms with Gasteiger partial charge >= 0.3 is 5.97 Å². The molecule has 0 atom stereocenters. The number of fused-ring (bicyclic) bond motifs is 2. The fourth-order valence-corrected chi connectivity index (χ4v) is 3.68. The second kappa shape index (κ2) is 7.27. The third kappa shape index (κ3) is 2.85. The first-order valence-corrected chi connectivity index (χ1v) is 9.30. The zero-order valence-electron chi connectivity index (χ0n) is 15.8. The highest BCUT2D eigenvalue weighted by Crippen LogP contribution is 2.44. The number of carboxylic acid groups (broad SMARTS) is 1. The number of rotatable bonds is 6. The summed E-state index contributed by atoms with van der Waals surface area (Å²) in [5.41, 5.74) is 2.30. The Kier molecular flexibility index (Phi) is 4.65. The quantitative estimate of drug-likeness (QED) is 0.500. The van der Waals surface area contributed by atoms with E-state index in [0.717, 1.165) is 22.1 Å². The van der Waals surface area contributed by atoms with Crippen molar-refractivity contribution in [1.29, 1.82) is 0 Å². The summed E-state index contributed by atoms with van der Waals surface area (Å²) >= 11 is 0. The maximum Gasteiger partial charge on any atom is 0.338 e. The maximum atomic E-state index is 12.2. The van der Waals surface area contributed by atoms with Gasteiger partial charge in [0.1, 0.15) is 11.5 Å². The Hall–Kier alpha value is -3.47. The van der Waals surface area contributed by atoms with Crippen molar-refractivity contribution in [1.82, 2.24) is 4.40 Å². The van der Waals surface area contributed by atoms with Crippen molar-refractivity contribution in [2.75, 3.05) is 13.2 Å². The van der Waals surface area contributed by atoms with Gasteiger partial charge < -0.3 is 19.0 Å². The summed E-state index contributed by atoms with van der Waals surface area (Å²) in [6.45, 7) is 4.85. The molecule has 0 amide bonds. The number of hydrogen-bond donors (Lipinski definition) is 1. The van der Waals surface area contributed by atoms with Gasteiger partial charge in [0.15, 0.2) is 0 Å². The Balaban J connectivity index is 2.13. The van der Waals surface area contributed by atoms with Gasteiger partial charge in [-0.05, 0) is 31.4 Å². The molecule has 142 valence electrons. The molecule has 0 fully saturated rings. The highest BCUT2D eigenvalue weighted by molar-refractivity contribution is 6.11. The first-order chi connectivity index (χ1) is 13.7. The number of aromatic carboxylic acids is 1. The highest BCUT2D eigenvalue weighted by atomic mass is 16.5. The van der Waals surface area contributed by atoms with Crippen molar-refractivity contribution < 1.29 is 19.4 Å². The van der Waals surface area contributed by atoms with E-state index in [1.165, 1.54) is 0 Å². The number of benzene rings is 2. The van der Waals surface area contributed by atoms with Crippen molar-refractivity contribution in [2.24, 2.45) is 0 Å². The first-order valence-electron chi connectivity index (χ1n) is 9.30. The van der Waals surface area contributed by atoms with Crippen LogP contribution in [0, 0.1) is 0 Å². The average Bonchev–Trinajstić information content (AvgIpc) is 3.08. The van der Waals surface area contributed by atoms with Crippen LogP contribution in [0.3, 0.4) is 0 Å². The molecule has 5 nitrogen and oxygen atoms in total. The van der Waals surface area contributed by atoms with Gasteiger partial charge in [-0.3, -0.25) is 0 Å². The molecule has 0 spiro atoms. The minimum atomic E-state index is -0.968. The Morgan fingerprint density at radius 2 is 1.64 bits per heavy atom. The average molecular weight is 375 g/mol. The second-order valence-electron chi connectivity index (χ2n) is 6.38. The first kappa shape index (κ1) is 17.9. The van der Waals surface area contributed by atoms with Crippen molar-refractivity contribution >= 4 is 22.3 Å². The van der Waals surface area contributed by atoms with E-state index in [0.29, 0.717) is 30.0 Å². The zero-order valence-corrected chi connectivity index (χ0v) is 15.8. The van der Waals surface area contributed by atoms with Crippen LogP contribution in [0.25, 0.3) is 27.4 Å². The predicted octanol–water partition coefficient (Wildman–Crippen LogP) is 5.26. The van der Waals surface area contributed by atoms with Crippen molar-refractivity contribution in [2.45, 2.75) is 13.8 Å².